The standard InChI is InChI=1S/C8H9BrOS/c1-5-6(9)4-7(11-5)8(10)2-3-8/h4,10H,2-3H2,1H3. The van der Waals surface area contributed by atoms with E-state index in [1.54, 1.807) is 11.3 Å². The molecule has 1 N–H and O–H groups in total. The third kappa shape index (κ3) is 1.25. The monoisotopic (exact) mass is 232 g/mol. The summed E-state index contributed by atoms with van der Waals surface area (Å²) in [6.45, 7) is 2.06. The van der Waals surface area contributed by atoms with Crippen molar-refractivity contribution < 1.29 is 5.11 Å². The summed E-state index contributed by atoms with van der Waals surface area (Å²) in [5, 5.41) is 9.73. The number of aliphatic hydroxyl groups is 1. The Balaban J connectivity index is 2.39. The Labute approximate surface area is 78.2 Å². The summed E-state index contributed by atoms with van der Waals surface area (Å²) in [5.74, 6) is 0. The van der Waals surface area contributed by atoms with Gasteiger partial charge in [0.15, 0.2) is 0 Å². The third-order valence-electron chi connectivity index (χ3n) is 2.04. The van der Waals surface area contributed by atoms with Gasteiger partial charge in [0.05, 0.1) is 5.60 Å². The zero-order valence-corrected chi connectivity index (χ0v) is 8.63. The first-order valence-corrected chi connectivity index (χ1v) is 5.21. The molecule has 60 valence electrons. The van der Waals surface area contributed by atoms with Gasteiger partial charge in [0.1, 0.15) is 0 Å². The van der Waals surface area contributed by atoms with Crippen molar-refractivity contribution in [1.29, 1.82) is 0 Å². The maximum atomic E-state index is 9.73. The predicted octanol–water partition coefficient (Wildman–Crippen LogP) is 2.80. The van der Waals surface area contributed by atoms with Gasteiger partial charge in [0.25, 0.3) is 0 Å². The molecular formula is C8H9BrOS. The van der Waals surface area contributed by atoms with Crippen molar-refractivity contribution in [2.75, 3.05) is 0 Å². The molecule has 1 aliphatic carbocycles. The normalized spacial score (nSPS) is 20.3. The molecule has 0 saturated heterocycles. The molecule has 0 amide bonds. The minimum Gasteiger partial charge on any atom is -0.384 e. The highest BCUT2D eigenvalue weighted by Gasteiger charge is 2.43. The van der Waals surface area contributed by atoms with Gasteiger partial charge in [0, 0.05) is 14.2 Å². The number of thiophene rings is 1. The summed E-state index contributed by atoms with van der Waals surface area (Å²) in [5.41, 5.74) is -0.457. The number of hydrogen-bond donors (Lipinski definition) is 1. The van der Waals surface area contributed by atoms with E-state index in [0.717, 1.165) is 22.2 Å². The molecule has 1 aromatic rings. The fourth-order valence-electron chi connectivity index (χ4n) is 1.05. The van der Waals surface area contributed by atoms with Crippen molar-refractivity contribution in [3.05, 3.63) is 20.3 Å². The van der Waals surface area contributed by atoms with Gasteiger partial charge in [-0.25, -0.2) is 0 Å². The molecule has 3 heteroatoms. The van der Waals surface area contributed by atoms with Crippen LogP contribution in [0.4, 0.5) is 0 Å². The molecule has 1 saturated carbocycles. The Morgan fingerprint density at radius 3 is 2.64 bits per heavy atom. The molecular weight excluding hydrogens is 224 g/mol. The van der Waals surface area contributed by atoms with Crippen molar-refractivity contribution in [2.24, 2.45) is 0 Å². The lowest BCUT2D eigenvalue weighted by molar-refractivity contribution is 0.155. The van der Waals surface area contributed by atoms with Crippen LogP contribution < -0.4 is 0 Å². The fraction of sp³-hybridized carbons (Fsp3) is 0.500. The Bertz CT molecular complexity index is 269. The van der Waals surface area contributed by atoms with Crippen molar-refractivity contribution in [3.63, 3.8) is 0 Å². The van der Waals surface area contributed by atoms with Gasteiger partial charge in [-0.1, -0.05) is 0 Å². The minimum atomic E-state index is -0.457. The van der Waals surface area contributed by atoms with Gasteiger partial charge in [-0.15, -0.1) is 11.3 Å². The second kappa shape index (κ2) is 2.31. The SMILES string of the molecule is Cc1sc(C2(O)CC2)cc1Br. The predicted molar refractivity (Wildman–Crippen MR) is 49.9 cm³/mol. The molecule has 1 aliphatic rings. The van der Waals surface area contributed by atoms with Crippen LogP contribution in [-0.2, 0) is 5.60 Å². The van der Waals surface area contributed by atoms with Crippen LogP contribution in [0.25, 0.3) is 0 Å². The van der Waals surface area contributed by atoms with Crippen molar-refractivity contribution in [3.8, 4) is 0 Å². The summed E-state index contributed by atoms with van der Waals surface area (Å²) in [4.78, 5) is 2.36. The van der Waals surface area contributed by atoms with E-state index in [9.17, 15) is 5.11 Å². The van der Waals surface area contributed by atoms with Crippen molar-refractivity contribution in [2.45, 2.75) is 25.4 Å². The zero-order valence-electron chi connectivity index (χ0n) is 6.22. The molecule has 0 aromatic carbocycles. The molecule has 1 aromatic heterocycles. The number of rotatable bonds is 1. The van der Waals surface area contributed by atoms with E-state index >= 15 is 0 Å². The molecule has 2 rings (SSSR count). The highest BCUT2D eigenvalue weighted by atomic mass is 79.9. The van der Waals surface area contributed by atoms with E-state index in [2.05, 4.69) is 22.9 Å². The summed E-state index contributed by atoms with van der Waals surface area (Å²) < 4.78 is 1.12. The second-order valence-electron chi connectivity index (χ2n) is 3.05. The summed E-state index contributed by atoms with van der Waals surface area (Å²) in [6, 6.07) is 2.03. The minimum absolute atomic E-state index is 0.457. The molecule has 11 heavy (non-hydrogen) atoms. The fourth-order valence-corrected chi connectivity index (χ4v) is 2.73. The third-order valence-corrected chi connectivity index (χ3v) is 4.37. The average Bonchev–Trinajstić information content (AvgIpc) is 2.59. The first-order valence-electron chi connectivity index (χ1n) is 3.61. The molecule has 0 unspecified atom stereocenters. The molecule has 0 bridgehead atoms. The van der Waals surface area contributed by atoms with Gasteiger partial charge < -0.3 is 5.11 Å². The Kier molecular flexibility index (Phi) is 1.63. The Morgan fingerprint density at radius 2 is 2.27 bits per heavy atom. The lowest BCUT2D eigenvalue weighted by Crippen LogP contribution is -1.99. The molecule has 1 heterocycles. The van der Waals surface area contributed by atoms with E-state index in [1.807, 2.05) is 6.07 Å². The lowest BCUT2D eigenvalue weighted by Gasteiger charge is -2.00. The van der Waals surface area contributed by atoms with Crippen LogP contribution >= 0.6 is 27.3 Å². The molecule has 0 aliphatic heterocycles. The Morgan fingerprint density at radius 1 is 1.64 bits per heavy atom. The maximum absolute atomic E-state index is 9.73. The molecule has 1 nitrogen and oxygen atoms in total. The van der Waals surface area contributed by atoms with E-state index < -0.39 is 5.60 Å². The van der Waals surface area contributed by atoms with Gasteiger partial charge in [-0.2, -0.15) is 0 Å². The van der Waals surface area contributed by atoms with Crippen molar-refractivity contribution >= 4 is 27.3 Å². The quantitative estimate of drug-likeness (QED) is 0.790. The molecule has 0 atom stereocenters. The number of halogens is 1. The van der Waals surface area contributed by atoms with Crippen LogP contribution in [0.15, 0.2) is 10.5 Å². The highest BCUT2D eigenvalue weighted by Crippen LogP contribution is 2.49. The largest absolute Gasteiger partial charge is 0.384 e. The van der Waals surface area contributed by atoms with Crippen LogP contribution in [0.3, 0.4) is 0 Å². The Hall–Kier alpha value is 0.140. The first-order chi connectivity index (χ1) is 5.12. The maximum Gasteiger partial charge on any atom is 0.0990 e. The van der Waals surface area contributed by atoms with Crippen molar-refractivity contribution in [1.82, 2.24) is 0 Å². The van der Waals surface area contributed by atoms with E-state index in [4.69, 9.17) is 0 Å². The van der Waals surface area contributed by atoms with Crippen LogP contribution in [0.5, 0.6) is 0 Å². The van der Waals surface area contributed by atoms with E-state index in [0.29, 0.717) is 0 Å². The van der Waals surface area contributed by atoms with Crippen LogP contribution in [0, 0.1) is 6.92 Å². The number of hydrogen-bond acceptors (Lipinski definition) is 2. The average molecular weight is 233 g/mol. The topological polar surface area (TPSA) is 20.2 Å². The van der Waals surface area contributed by atoms with Gasteiger partial charge >= 0.3 is 0 Å². The van der Waals surface area contributed by atoms with Crippen LogP contribution in [-0.4, -0.2) is 5.11 Å². The van der Waals surface area contributed by atoms with Crippen LogP contribution in [0.1, 0.15) is 22.6 Å². The van der Waals surface area contributed by atoms with Gasteiger partial charge in [0.2, 0.25) is 0 Å². The zero-order chi connectivity index (χ0) is 8.06. The summed E-state index contributed by atoms with van der Waals surface area (Å²) in [6.07, 6.45) is 1.86. The van der Waals surface area contributed by atoms with Crippen LogP contribution in [0.2, 0.25) is 0 Å². The highest BCUT2D eigenvalue weighted by molar-refractivity contribution is 9.10. The lowest BCUT2D eigenvalue weighted by atomic mass is 10.3. The van der Waals surface area contributed by atoms with Gasteiger partial charge in [-0.3, -0.25) is 0 Å². The van der Waals surface area contributed by atoms with E-state index in [1.165, 1.54) is 4.88 Å². The second-order valence-corrected chi connectivity index (χ2v) is 5.16. The summed E-state index contributed by atoms with van der Waals surface area (Å²) >= 11 is 5.12. The summed E-state index contributed by atoms with van der Waals surface area (Å²) in [7, 11) is 0. The first kappa shape index (κ1) is 7.77. The molecule has 0 spiro atoms. The smallest absolute Gasteiger partial charge is 0.0990 e. The van der Waals surface area contributed by atoms with E-state index in [-0.39, 0.29) is 0 Å². The molecule has 1 fully saturated rings. The number of aryl methyl sites for hydroxylation is 1. The molecule has 0 radical (unpaired) electrons. The van der Waals surface area contributed by atoms with Gasteiger partial charge in [-0.05, 0) is 41.8 Å².